The average Bonchev–Trinajstić information content (AvgIpc) is 2.03. The maximum Gasteiger partial charge on any atom is 0.0371 e. The van der Waals surface area contributed by atoms with Gasteiger partial charge in [-0.25, -0.2) is 5.32 Å². The Labute approximate surface area is 63.4 Å². The molecule has 1 N–H and O–H groups in total. The van der Waals surface area contributed by atoms with Crippen molar-refractivity contribution in [3.05, 3.63) is 0 Å². The molecule has 0 aromatic rings. The van der Waals surface area contributed by atoms with E-state index < -0.39 is 0 Å². The van der Waals surface area contributed by atoms with E-state index in [2.05, 4.69) is 17.6 Å². The van der Waals surface area contributed by atoms with Gasteiger partial charge in [-0.05, 0) is 25.8 Å². The van der Waals surface area contributed by atoms with Crippen molar-refractivity contribution in [3.8, 4) is 0 Å². The van der Waals surface area contributed by atoms with E-state index in [1.54, 1.807) is 0 Å². The molecule has 2 heteroatoms. The Bertz CT molecular complexity index is 77.3. The molecule has 1 heterocycles. The van der Waals surface area contributed by atoms with Gasteiger partial charge in [0.15, 0.2) is 0 Å². The Hall–Kier alpha value is -0.0800. The van der Waals surface area contributed by atoms with Crippen LogP contribution in [0.15, 0.2) is 0 Å². The molecule has 2 nitrogen and oxygen atoms in total. The summed E-state index contributed by atoms with van der Waals surface area (Å²) in [7, 11) is 0. The minimum Gasteiger partial charge on any atom is -0.315 e. The molecule has 1 unspecified atom stereocenters. The number of nitrogens with one attached hydrogen (secondary N) is 1. The van der Waals surface area contributed by atoms with Crippen molar-refractivity contribution in [1.29, 1.82) is 0 Å². The van der Waals surface area contributed by atoms with Gasteiger partial charge < -0.3 is 5.32 Å². The lowest BCUT2D eigenvalue weighted by Gasteiger charge is -2.21. The lowest BCUT2D eigenvalue weighted by atomic mass is 10.1. The van der Waals surface area contributed by atoms with E-state index in [1.165, 1.54) is 25.8 Å². The van der Waals surface area contributed by atoms with E-state index in [0.717, 1.165) is 13.1 Å². The van der Waals surface area contributed by atoms with Crippen LogP contribution in [0.25, 0.3) is 0 Å². The van der Waals surface area contributed by atoms with Crippen LogP contribution in [0.1, 0.15) is 26.2 Å². The molecule has 1 atom stereocenters. The molecule has 10 heavy (non-hydrogen) atoms. The molecule has 0 aromatic heterocycles. The Balaban J connectivity index is 2.02. The first-order chi connectivity index (χ1) is 4.93. The van der Waals surface area contributed by atoms with Crippen molar-refractivity contribution in [2.24, 2.45) is 0 Å². The quantitative estimate of drug-likeness (QED) is 0.617. The van der Waals surface area contributed by atoms with Crippen LogP contribution in [-0.4, -0.2) is 25.7 Å². The highest BCUT2D eigenvalue weighted by molar-refractivity contribution is 4.73. The number of nitrogens with zero attached hydrogens (tertiary/aromatic N) is 1. The van der Waals surface area contributed by atoms with Crippen LogP contribution in [0.4, 0.5) is 0 Å². The van der Waals surface area contributed by atoms with Gasteiger partial charge >= 0.3 is 0 Å². The predicted octanol–water partition coefficient (Wildman–Crippen LogP) is 0.753. The Kier molecular flexibility index (Phi) is 3.76. The number of hydrogen-bond acceptors (Lipinski definition) is 1. The molecule has 0 aliphatic carbocycles. The normalized spacial score (nSPS) is 26.7. The molecular formula is C8H17N2. The molecule has 1 aliphatic heterocycles. The third-order valence-corrected chi connectivity index (χ3v) is 1.88. The zero-order valence-electron chi connectivity index (χ0n) is 6.77. The first kappa shape index (κ1) is 8.02. The molecule has 0 saturated carbocycles. The first-order valence-electron chi connectivity index (χ1n) is 4.31. The highest BCUT2D eigenvalue weighted by Gasteiger charge is 2.11. The number of hydrogen-bond donors (Lipinski definition) is 1. The highest BCUT2D eigenvalue weighted by atomic mass is 15.0. The Morgan fingerprint density at radius 3 is 3.10 bits per heavy atom. The summed E-state index contributed by atoms with van der Waals surface area (Å²) in [5.74, 6) is 0. The topological polar surface area (TPSA) is 26.1 Å². The molecule has 0 bridgehead atoms. The first-order valence-corrected chi connectivity index (χ1v) is 4.31. The molecule has 0 amide bonds. The predicted molar refractivity (Wildman–Crippen MR) is 43.2 cm³/mol. The zero-order valence-corrected chi connectivity index (χ0v) is 6.77. The third kappa shape index (κ3) is 2.67. The summed E-state index contributed by atoms with van der Waals surface area (Å²) in [6.45, 7) is 5.53. The summed E-state index contributed by atoms with van der Waals surface area (Å²) in [4.78, 5) is 0. The molecule has 1 saturated heterocycles. The maximum atomic E-state index is 4.54. The van der Waals surface area contributed by atoms with Crippen LogP contribution in [0.2, 0.25) is 0 Å². The summed E-state index contributed by atoms with van der Waals surface area (Å²) in [6.07, 6.45) is 3.79. The lowest BCUT2D eigenvalue weighted by Crippen LogP contribution is -2.39. The molecule has 0 aromatic carbocycles. The van der Waals surface area contributed by atoms with Crippen molar-refractivity contribution in [1.82, 2.24) is 10.6 Å². The second kappa shape index (κ2) is 4.69. The molecule has 1 aliphatic rings. The standard InChI is InChI=1S/C8H17N2/c1-2-5-10-8-4-3-6-9-7-8/h8-9H,2-7H2,1H3. The molecule has 59 valence electrons. The van der Waals surface area contributed by atoms with E-state index >= 15 is 0 Å². The fourth-order valence-corrected chi connectivity index (χ4v) is 1.30. The van der Waals surface area contributed by atoms with Crippen molar-refractivity contribution in [3.63, 3.8) is 0 Å². The van der Waals surface area contributed by atoms with Crippen LogP contribution in [-0.2, 0) is 0 Å². The van der Waals surface area contributed by atoms with E-state index in [1.807, 2.05) is 0 Å². The van der Waals surface area contributed by atoms with Crippen LogP contribution in [0, 0.1) is 0 Å². The second-order valence-electron chi connectivity index (χ2n) is 2.91. The fraction of sp³-hybridized carbons (Fsp3) is 1.00. The van der Waals surface area contributed by atoms with Gasteiger partial charge in [0.1, 0.15) is 0 Å². The number of rotatable bonds is 3. The Morgan fingerprint density at radius 2 is 2.50 bits per heavy atom. The summed E-state index contributed by atoms with van der Waals surface area (Å²) < 4.78 is 0. The van der Waals surface area contributed by atoms with Gasteiger partial charge in [0.05, 0.1) is 0 Å². The van der Waals surface area contributed by atoms with Crippen molar-refractivity contribution in [2.75, 3.05) is 19.6 Å². The summed E-state index contributed by atoms with van der Waals surface area (Å²) in [6, 6.07) is 0.619. The molecule has 0 spiro atoms. The van der Waals surface area contributed by atoms with Crippen LogP contribution in [0.5, 0.6) is 0 Å². The van der Waals surface area contributed by atoms with Crippen molar-refractivity contribution in [2.45, 2.75) is 32.2 Å². The summed E-state index contributed by atoms with van der Waals surface area (Å²) in [5, 5.41) is 7.89. The average molecular weight is 141 g/mol. The van der Waals surface area contributed by atoms with Crippen LogP contribution in [0.3, 0.4) is 0 Å². The third-order valence-electron chi connectivity index (χ3n) is 1.88. The van der Waals surface area contributed by atoms with Gasteiger partial charge in [-0.2, -0.15) is 0 Å². The van der Waals surface area contributed by atoms with Crippen molar-refractivity contribution >= 4 is 0 Å². The Morgan fingerprint density at radius 1 is 1.60 bits per heavy atom. The molecule has 1 fully saturated rings. The van der Waals surface area contributed by atoms with Gasteiger partial charge in [-0.3, -0.25) is 0 Å². The van der Waals surface area contributed by atoms with Gasteiger partial charge in [0.25, 0.3) is 0 Å². The molecule has 1 radical (unpaired) electrons. The zero-order chi connectivity index (χ0) is 7.23. The van der Waals surface area contributed by atoms with Gasteiger partial charge in [0, 0.05) is 19.1 Å². The SMILES string of the molecule is CCC[N]C1CCCNC1. The minimum atomic E-state index is 0.619. The smallest absolute Gasteiger partial charge is 0.0371 e. The van der Waals surface area contributed by atoms with E-state index in [-0.39, 0.29) is 0 Å². The van der Waals surface area contributed by atoms with E-state index in [4.69, 9.17) is 0 Å². The monoisotopic (exact) mass is 141 g/mol. The van der Waals surface area contributed by atoms with Crippen molar-refractivity contribution < 1.29 is 0 Å². The van der Waals surface area contributed by atoms with Gasteiger partial charge in [-0.15, -0.1) is 0 Å². The van der Waals surface area contributed by atoms with E-state index in [0.29, 0.717) is 6.04 Å². The minimum absolute atomic E-state index is 0.619. The van der Waals surface area contributed by atoms with Crippen LogP contribution < -0.4 is 10.6 Å². The largest absolute Gasteiger partial charge is 0.315 e. The second-order valence-corrected chi connectivity index (χ2v) is 2.91. The van der Waals surface area contributed by atoms with Gasteiger partial charge in [0.2, 0.25) is 0 Å². The van der Waals surface area contributed by atoms with Gasteiger partial charge in [-0.1, -0.05) is 6.92 Å². The van der Waals surface area contributed by atoms with Crippen LogP contribution >= 0.6 is 0 Å². The fourth-order valence-electron chi connectivity index (χ4n) is 1.30. The molecular weight excluding hydrogens is 124 g/mol. The molecule has 1 rings (SSSR count). The maximum absolute atomic E-state index is 4.54. The summed E-state index contributed by atoms with van der Waals surface area (Å²) in [5.41, 5.74) is 0. The number of piperidine rings is 1. The van der Waals surface area contributed by atoms with E-state index in [9.17, 15) is 0 Å². The lowest BCUT2D eigenvalue weighted by molar-refractivity contribution is 0.385. The summed E-state index contributed by atoms with van der Waals surface area (Å²) >= 11 is 0. The highest BCUT2D eigenvalue weighted by Crippen LogP contribution is 2.01.